The second kappa shape index (κ2) is 4.90. The molecule has 0 amide bonds. The first kappa shape index (κ1) is 10.8. The molecule has 1 aliphatic heterocycles. The zero-order valence-electron chi connectivity index (χ0n) is 8.99. The minimum absolute atomic E-state index is 0.464. The molecule has 1 saturated heterocycles. The summed E-state index contributed by atoms with van der Waals surface area (Å²) < 4.78 is 0. The lowest BCUT2D eigenvalue weighted by molar-refractivity contribution is 0.310. The lowest BCUT2D eigenvalue weighted by atomic mass is 10.1. The second-order valence-corrected chi connectivity index (χ2v) is 4.53. The fourth-order valence-corrected chi connectivity index (χ4v) is 2.15. The van der Waals surface area contributed by atoms with Crippen LogP contribution in [0.15, 0.2) is 12.1 Å². The van der Waals surface area contributed by atoms with Gasteiger partial charge in [0, 0.05) is 13.1 Å². The number of aromatic nitrogens is 2. The fraction of sp³-hybridized carbons (Fsp3) is 0.636. The quantitative estimate of drug-likeness (QED) is 0.791. The molecule has 15 heavy (non-hydrogen) atoms. The highest BCUT2D eigenvalue weighted by Gasteiger charge is 2.20. The number of nitrogens with zero attached hydrogens (tertiary/aromatic N) is 3. The highest BCUT2D eigenvalue weighted by molar-refractivity contribution is 6.29. The van der Waals surface area contributed by atoms with E-state index in [1.165, 1.54) is 25.9 Å². The second-order valence-electron chi connectivity index (χ2n) is 4.15. The Balaban J connectivity index is 1.90. The number of halogens is 1. The summed E-state index contributed by atoms with van der Waals surface area (Å²) in [5, 5.41) is 8.38. The third-order valence-corrected chi connectivity index (χ3v) is 3.22. The van der Waals surface area contributed by atoms with Gasteiger partial charge in [0.2, 0.25) is 0 Å². The zero-order valence-corrected chi connectivity index (χ0v) is 9.74. The van der Waals surface area contributed by atoms with Crippen molar-refractivity contribution in [2.75, 3.05) is 13.1 Å². The summed E-state index contributed by atoms with van der Waals surface area (Å²) in [5.41, 5.74) is 1.01. The molecule has 0 saturated carbocycles. The Morgan fingerprint density at radius 2 is 2.33 bits per heavy atom. The van der Waals surface area contributed by atoms with E-state index in [1.54, 1.807) is 6.07 Å². The summed E-state index contributed by atoms with van der Waals surface area (Å²) >= 11 is 5.69. The zero-order chi connectivity index (χ0) is 10.7. The molecule has 0 bridgehead atoms. The molecule has 2 heterocycles. The van der Waals surface area contributed by atoms with Gasteiger partial charge in [-0.05, 0) is 31.0 Å². The molecule has 1 aliphatic rings. The monoisotopic (exact) mass is 225 g/mol. The molecule has 0 N–H and O–H groups in total. The first-order chi connectivity index (χ1) is 7.28. The Labute approximate surface area is 95.5 Å². The molecule has 0 aliphatic carbocycles. The third-order valence-electron chi connectivity index (χ3n) is 3.02. The van der Waals surface area contributed by atoms with Crippen molar-refractivity contribution in [2.24, 2.45) is 5.92 Å². The number of hydrogen-bond donors (Lipinski definition) is 0. The standard InChI is InChI=1S/C11H16ClN3/c1-2-9-5-6-15(7-9)8-10-3-4-11(12)14-13-10/h3-4,9H,2,5-8H2,1H3. The van der Waals surface area contributed by atoms with Crippen LogP contribution < -0.4 is 0 Å². The maximum absolute atomic E-state index is 5.69. The third kappa shape index (κ3) is 2.89. The van der Waals surface area contributed by atoms with Gasteiger partial charge in [0.1, 0.15) is 0 Å². The number of rotatable bonds is 3. The van der Waals surface area contributed by atoms with Crippen molar-refractivity contribution in [3.63, 3.8) is 0 Å². The van der Waals surface area contributed by atoms with Crippen molar-refractivity contribution in [1.82, 2.24) is 15.1 Å². The van der Waals surface area contributed by atoms with E-state index >= 15 is 0 Å². The molecule has 1 aromatic rings. The van der Waals surface area contributed by atoms with E-state index in [9.17, 15) is 0 Å². The predicted molar refractivity (Wildman–Crippen MR) is 60.7 cm³/mol. The SMILES string of the molecule is CCC1CCN(Cc2ccc(Cl)nn2)C1. The average molecular weight is 226 g/mol. The Bertz CT molecular complexity index is 312. The van der Waals surface area contributed by atoms with Gasteiger partial charge in [-0.2, -0.15) is 5.10 Å². The van der Waals surface area contributed by atoms with E-state index in [2.05, 4.69) is 22.0 Å². The van der Waals surface area contributed by atoms with Crippen LogP contribution in [-0.2, 0) is 6.54 Å². The highest BCUT2D eigenvalue weighted by Crippen LogP contribution is 2.20. The Morgan fingerprint density at radius 1 is 1.47 bits per heavy atom. The molecule has 3 nitrogen and oxygen atoms in total. The van der Waals surface area contributed by atoms with E-state index < -0.39 is 0 Å². The normalized spacial score (nSPS) is 22.1. The van der Waals surface area contributed by atoms with E-state index in [4.69, 9.17) is 11.6 Å². The van der Waals surface area contributed by atoms with Gasteiger partial charge in [-0.1, -0.05) is 24.9 Å². The molecule has 1 unspecified atom stereocenters. The predicted octanol–water partition coefficient (Wildman–Crippen LogP) is 2.36. The largest absolute Gasteiger partial charge is 0.297 e. The molecular weight excluding hydrogens is 210 g/mol. The van der Waals surface area contributed by atoms with E-state index in [1.807, 2.05) is 6.07 Å². The first-order valence-electron chi connectivity index (χ1n) is 5.48. The van der Waals surface area contributed by atoms with Crippen molar-refractivity contribution in [3.05, 3.63) is 23.0 Å². The summed E-state index contributed by atoms with van der Waals surface area (Å²) in [6.07, 6.45) is 2.60. The molecule has 4 heteroatoms. The van der Waals surface area contributed by atoms with Crippen LogP contribution in [0.2, 0.25) is 5.15 Å². The van der Waals surface area contributed by atoms with Crippen LogP contribution in [0.5, 0.6) is 0 Å². The van der Waals surface area contributed by atoms with E-state index in [0.717, 1.165) is 18.2 Å². The smallest absolute Gasteiger partial charge is 0.151 e. The lowest BCUT2D eigenvalue weighted by Crippen LogP contribution is -2.20. The van der Waals surface area contributed by atoms with Crippen LogP contribution in [0.4, 0.5) is 0 Å². The molecule has 1 aromatic heterocycles. The molecule has 0 radical (unpaired) electrons. The lowest BCUT2D eigenvalue weighted by Gasteiger charge is -2.14. The first-order valence-corrected chi connectivity index (χ1v) is 5.86. The van der Waals surface area contributed by atoms with Crippen LogP contribution >= 0.6 is 11.6 Å². The van der Waals surface area contributed by atoms with Crippen molar-refractivity contribution in [3.8, 4) is 0 Å². The topological polar surface area (TPSA) is 29.0 Å². The molecular formula is C11H16ClN3. The van der Waals surface area contributed by atoms with Gasteiger partial charge >= 0.3 is 0 Å². The van der Waals surface area contributed by atoms with Gasteiger partial charge in [-0.15, -0.1) is 5.10 Å². The average Bonchev–Trinajstić information content (AvgIpc) is 2.69. The van der Waals surface area contributed by atoms with Crippen molar-refractivity contribution in [2.45, 2.75) is 26.3 Å². The van der Waals surface area contributed by atoms with Gasteiger partial charge in [-0.3, -0.25) is 4.90 Å². The molecule has 1 atom stereocenters. The van der Waals surface area contributed by atoms with Crippen molar-refractivity contribution in [1.29, 1.82) is 0 Å². The maximum atomic E-state index is 5.69. The fourth-order valence-electron chi connectivity index (χ4n) is 2.05. The van der Waals surface area contributed by atoms with Crippen LogP contribution in [0.1, 0.15) is 25.5 Å². The maximum Gasteiger partial charge on any atom is 0.151 e. The number of likely N-dealkylation sites (tertiary alicyclic amines) is 1. The number of hydrogen-bond acceptors (Lipinski definition) is 3. The summed E-state index contributed by atoms with van der Waals surface area (Å²) in [7, 11) is 0. The molecule has 0 spiro atoms. The van der Waals surface area contributed by atoms with Crippen LogP contribution in [-0.4, -0.2) is 28.2 Å². The van der Waals surface area contributed by atoms with Crippen LogP contribution in [0.3, 0.4) is 0 Å². The van der Waals surface area contributed by atoms with Gasteiger partial charge in [0.25, 0.3) is 0 Å². The van der Waals surface area contributed by atoms with Crippen molar-refractivity contribution < 1.29 is 0 Å². The van der Waals surface area contributed by atoms with Gasteiger partial charge in [0.15, 0.2) is 5.15 Å². The van der Waals surface area contributed by atoms with E-state index in [-0.39, 0.29) is 0 Å². The van der Waals surface area contributed by atoms with Crippen LogP contribution in [0.25, 0.3) is 0 Å². The molecule has 82 valence electrons. The van der Waals surface area contributed by atoms with E-state index in [0.29, 0.717) is 5.15 Å². The molecule has 1 fully saturated rings. The van der Waals surface area contributed by atoms with Gasteiger partial charge in [0.05, 0.1) is 5.69 Å². The summed E-state index contributed by atoms with van der Waals surface area (Å²) in [6, 6.07) is 3.76. The Kier molecular flexibility index (Phi) is 3.54. The Morgan fingerprint density at radius 3 is 2.93 bits per heavy atom. The summed E-state index contributed by atoms with van der Waals surface area (Å²) in [6.45, 7) is 5.54. The van der Waals surface area contributed by atoms with Crippen molar-refractivity contribution >= 4 is 11.6 Å². The summed E-state index contributed by atoms with van der Waals surface area (Å²) in [5.74, 6) is 0.866. The minimum atomic E-state index is 0.464. The van der Waals surface area contributed by atoms with Crippen LogP contribution in [0, 0.1) is 5.92 Å². The summed E-state index contributed by atoms with van der Waals surface area (Å²) in [4.78, 5) is 2.44. The Hall–Kier alpha value is -0.670. The highest BCUT2D eigenvalue weighted by atomic mass is 35.5. The van der Waals surface area contributed by atoms with Gasteiger partial charge in [-0.25, -0.2) is 0 Å². The minimum Gasteiger partial charge on any atom is -0.297 e. The van der Waals surface area contributed by atoms with Gasteiger partial charge < -0.3 is 0 Å². The molecule has 0 aromatic carbocycles. The molecule has 2 rings (SSSR count).